The van der Waals surface area contributed by atoms with Gasteiger partial charge in [-0.05, 0) is 41.3 Å². The standard InChI is InChI=1S/C36H22N4/c1-2-10-23(11-3-1)24-20-25(22-37-21-24)39-31-15-7-5-13-27(31)29-19-18-28-26-12-4-8-16-32(26)40-33-17-9-6-14-30(33)38-36(40)34(28)35(29)39/h1-22H. The number of hydrogen-bond donors (Lipinski definition) is 0. The van der Waals surface area contributed by atoms with Gasteiger partial charge in [-0.3, -0.25) is 9.38 Å². The second-order valence-corrected chi connectivity index (χ2v) is 10.3. The number of pyridine rings is 2. The highest BCUT2D eigenvalue weighted by atomic mass is 15.0. The van der Waals surface area contributed by atoms with Crippen molar-refractivity contribution in [2.24, 2.45) is 0 Å². The number of rotatable bonds is 2. The summed E-state index contributed by atoms with van der Waals surface area (Å²) in [6.45, 7) is 0. The van der Waals surface area contributed by atoms with E-state index < -0.39 is 0 Å². The predicted octanol–water partition coefficient (Wildman–Crippen LogP) is 8.95. The van der Waals surface area contributed by atoms with Gasteiger partial charge in [-0.1, -0.05) is 91.0 Å². The molecule has 0 spiro atoms. The summed E-state index contributed by atoms with van der Waals surface area (Å²) in [5.41, 5.74) is 9.81. The fourth-order valence-electron chi connectivity index (χ4n) is 6.45. The Kier molecular flexibility index (Phi) is 4.30. The van der Waals surface area contributed by atoms with Crippen LogP contribution in [0.15, 0.2) is 134 Å². The van der Waals surface area contributed by atoms with Crippen LogP contribution in [0.5, 0.6) is 0 Å². The maximum Gasteiger partial charge on any atom is 0.148 e. The molecular formula is C36H22N4. The van der Waals surface area contributed by atoms with E-state index in [1.165, 1.54) is 21.5 Å². The second kappa shape index (κ2) is 8.01. The molecule has 0 N–H and O–H groups in total. The number of benzene rings is 5. The average Bonchev–Trinajstić information content (AvgIpc) is 3.58. The summed E-state index contributed by atoms with van der Waals surface area (Å²) in [5.74, 6) is 0. The lowest BCUT2D eigenvalue weighted by Gasteiger charge is -2.14. The molecule has 40 heavy (non-hydrogen) atoms. The Morgan fingerprint density at radius 3 is 2.02 bits per heavy atom. The minimum absolute atomic E-state index is 0.969. The van der Waals surface area contributed by atoms with Crippen LogP contribution in [0.25, 0.3) is 77.0 Å². The van der Waals surface area contributed by atoms with E-state index >= 15 is 0 Å². The molecule has 4 nitrogen and oxygen atoms in total. The molecule has 4 aromatic heterocycles. The van der Waals surface area contributed by atoms with Gasteiger partial charge in [-0.15, -0.1) is 0 Å². The molecule has 0 atom stereocenters. The molecule has 4 heterocycles. The lowest BCUT2D eigenvalue weighted by molar-refractivity contribution is 1.15. The number of para-hydroxylation sites is 4. The quantitative estimate of drug-likeness (QED) is 0.218. The van der Waals surface area contributed by atoms with Crippen LogP contribution in [0, 0.1) is 0 Å². The zero-order chi connectivity index (χ0) is 26.2. The molecule has 0 saturated carbocycles. The first-order valence-corrected chi connectivity index (χ1v) is 13.5. The summed E-state index contributed by atoms with van der Waals surface area (Å²) in [6.07, 6.45) is 3.91. The maximum absolute atomic E-state index is 5.25. The van der Waals surface area contributed by atoms with Gasteiger partial charge in [-0.2, -0.15) is 0 Å². The highest BCUT2D eigenvalue weighted by molar-refractivity contribution is 6.27. The van der Waals surface area contributed by atoms with Crippen LogP contribution in [0.2, 0.25) is 0 Å². The minimum Gasteiger partial charge on any atom is -0.307 e. The largest absolute Gasteiger partial charge is 0.307 e. The van der Waals surface area contributed by atoms with Crippen molar-refractivity contribution in [3.8, 4) is 16.8 Å². The summed E-state index contributed by atoms with van der Waals surface area (Å²) >= 11 is 0. The molecule has 5 aromatic carbocycles. The molecule has 9 aromatic rings. The van der Waals surface area contributed by atoms with Gasteiger partial charge in [0.2, 0.25) is 0 Å². The van der Waals surface area contributed by atoms with Gasteiger partial charge < -0.3 is 4.57 Å². The normalized spacial score (nSPS) is 12.0. The van der Waals surface area contributed by atoms with Gasteiger partial charge in [-0.25, -0.2) is 4.98 Å². The number of hydrogen-bond acceptors (Lipinski definition) is 2. The SMILES string of the molecule is c1ccc(-c2cncc(-n3c4ccccc4c4ccc5c6ccccc6n6c7ccccc7nc6c5c43)c2)cc1. The van der Waals surface area contributed by atoms with Crippen LogP contribution in [0.3, 0.4) is 0 Å². The van der Waals surface area contributed by atoms with Crippen molar-refractivity contribution in [1.29, 1.82) is 0 Å². The van der Waals surface area contributed by atoms with E-state index in [-0.39, 0.29) is 0 Å². The molecule has 9 rings (SSSR count). The van der Waals surface area contributed by atoms with Gasteiger partial charge >= 0.3 is 0 Å². The predicted molar refractivity (Wildman–Crippen MR) is 165 cm³/mol. The van der Waals surface area contributed by atoms with Gasteiger partial charge in [0.25, 0.3) is 0 Å². The third-order valence-electron chi connectivity index (χ3n) is 8.15. The van der Waals surface area contributed by atoms with Crippen molar-refractivity contribution in [3.05, 3.63) is 134 Å². The van der Waals surface area contributed by atoms with Crippen LogP contribution < -0.4 is 0 Å². The molecule has 0 unspecified atom stereocenters. The van der Waals surface area contributed by atoms with E-state index in [9.17, 15) is 0 Å². The fourth-order valence-corrected chi connectivity index (χ4v) is 6.45. The highest BCUT2D eigenvalue weighted by Gasteiger charge is 2.21. The summed E-state index contributed by atoms with van der Waals surface area (Å²) in [7, 11) is 0. The van der Waals surface area contributed by atoms with E-state index in [0.717, 1.165) is 55.4 Å². The molecular weight excluding hydrogens is 488 g/mol. The molecule has 0 fully saturated rings. The fraction of sp³-hybridized carbons (Fsp3) is 0. The van der Waals surface area contributed by atoms with Gasteiger partial charge in [0, 0.05) is 27.9 Å². The minimum atomic E-state index is 0.969. The topological polar surface area (TPSA) is 35.1 Å². The Labute approximate surface area is 229 Å². The summed E-state index contributed by atoms with van der Waals surface area (Å²) in [5, 5.41) is 5.98. The lowest BCUT2D eigenvalue weighted by Crippen LogP contribution is -1.98. The zero-order valence-corrected chi connectivity index (χ0v) is 21.5. The van der Waals surface area contributed by atoms with Crippen molar-refractivity contribution in [1.82, 2.24) is 18.9 Å². The molecule has 0 aliphatic carbocycles. The van der Waals surface area contributed by atoms with E-state index in [0.29, 0.717) is 0 Å². The van der Waals surface area contributed by atoms with Gasteiger partial charge in [0.1, 0.15) is 5.65 Å². The average molecular weight is 511 g/mol. The smallest absolute Gasteiger partial charge is 0.148 e. The van der Waals surface area contributed by atoms with E-state index in [2.05, 4.69) is 124 Å². The molecule has 186 valence electrons. The Morgan fingerprint density at radius 2 is 1.18 bits per heavy atom. The van der Waals surface area contributed by atoms with Crippen LogP contribution in [0.1, 0.15) is 0 Å². The summed E-state index contributed by atoms with van der Waals surface area (Å²) in [4.78, 5) is 9.96. The van der Waals surface area contributed by atoms with E-state index in [4.69, 9.17) is 9.97 Å². The van der Waals surface area contributed by atoms with Crippen LogP contribution in [0.4, 0.5) is 0 Å². The highest BCUT2D eigenvalue weighted by Crippen LogP contribution is 2.41. The van der Waals surface area contributed by atoms with E-state index in [1.807, 2.05) is 18.5 Å². The molecule has 0 aliphatic rings. The van der Waals surface area contributed by atoms with Crippen LogP contribution in [-0.2, 0) is 0 Å². The second-order valence-electron chi connectivity index (χ2n) is 10.3. The molecule has 0 saturated heterocycles. The third kappa shape index (κ3) is 2.85. The molecule has 0 amide bonds. The molecule has 0 radical (unpaired) electrons. The Morgan fingerprint density at radius 1 is 0.500 bits per heavy atom. The molecule has 0 aliphatic heterocycles. The summed E-state index contributed by atoms with van der Waals surface area (Å²) < 4.78 is 4.70. The van der Waals surface area contributed by atoms with Crippen LogP contribution >= 0.6 is 0 Å². The number of aromatic nitrogens is 4. The van der Waals surface area contributed by atoms with Crippen LogP contribution in [-0.4, -0.2) is 18.9 Å². The number of imidazole rings is 1. The van der Waals surface area contributed by atoms with Crippen molar-refractivity contribution < 1.29 is 0 Å². The van der Waals surface area contributed by atoms with Crippen molar-refractivity contribution >= 4 is 60.2 Å². The first-order valence-electron chi connectivity index (χ1n) is 13.5. The van der Waals surface area contributed by atoms with Crippen molar-refractivity contribution in [2.75, 3.05) is 0 Å². The monoisotopic (exact) mass is 510 g/mol. The van der Waals surface area contributed by atoms with Gasteiger partial charge in [0.05, 0.1) is 44.9 Å². The molecule has 0 bridgehead atoms. The Balaban J connectivity index is 1.53. The van der Waals surface area contributed by atoms with E-state index in [1.54, 1.807) is 0 Å². The lowest BCUT2D eigenvalue weighted by atomic mass is 10.0. The van der Waals surface area contributed by atoms with Crippen molar-refractivity contribution in [2.45, 2.75) is 0 Å². The first-order chi connectivity index (χ1) is 19.9. The first kappa shape index (κ1) is 21.5. The Bertz CT molecular complexity index is 2430. The number of fused-ring (bicyclic) bond motifs is 12. The molecule has 4 heteroatoms. The van der Waals surface area contributed by atoms with Crippen molar-refractivity contribution in [3.63, 3.8) is 0 Å². The van der Waals surface area contributed by atoms with Gasteiger partial charge in [0.15, 0.2) is 0 Å². The zero-order valence-electron chi connectivity index (χ0n) is 21.5. The maximum atomic E-state index is 5.25. The third-order valence-corrected chi connectivity index (χ3v) is 8.15. The Hall–Kier alpha value is -5.48. The number of nitrogens with zero attached hydrogens (tertiary/aromatic N) is 4. The summed E-state index contributed by atoms with van der Waals surface area (Å²) in [6, 6.07) is 43.0.